The molecule has 5 nitrogen and oxygen atoms in total. The summed E-state index contributed by atoms with van der Waals surface area (Å²) >= 11 is 3.33. The largest absolute Gasteiger partial charge is 0.383 e. The Morgan fingerprint density at radius 2 is 2.16 bits per heavy atom. The zero-order valence-electron chi connectivity index (χ0n) is 11.2. The molecule has 0 saturated carbocycles. The number of thiazole rings is 1. The molecule has 2 aromatic heterocycles. The van der Waals surface area contributed by atoms with Crippen LogP contribution in [0.2, 0.25) is 0 Å². The normalized spacial score (nSPS) is 11.1. The van der Waals surface area contributed by atoms with Gasteiger partial charge in [-0.3, -0.25) is 0 Å². The minimum atomic E-state index is 0.758. The summed E-state index contributed by atoms with van der Waals surface area (Å²) in [6, 6.07) is 0. The molecule has 0 spiro atoms. The van der Waals surface area contributed by atoms with E-state index < -0.39 is 0 Å². The summed E-state index contributed by atoms with van der Waals surface area (Å²) in [7, 11) is 1.71. The van der Waals surface area contributed by atoms with E-state index in [-0.39, 0.29) is 0 Å². The maximum atomic E-state index is 4.97. The summed E-state index contributed by atoms with van der Waals surface area (Å²) in [5.41, 5.74) is 0. The molecular weight excluding hydrogens is 280 g/mol. The fourth-order valence-corrected chi connectivity index (χ4v) is 3.27. The maximum absolute atomic E-state index is 4.97. The van der Waals surface area contributed by atoms with E-state index in [2.05, 4.69) is 20.5 Å². The molecule has 0 unspecified atom stereocenters. The van der Waals surface area contributed by atoms with Crippen LogP contribution in [0.15, 0.2) is 6.20 Å². The van der Waals surface area contributed by atoms with E-state index >= 15 is 0 Å². The van der Waals surface area contributed by atoms with Gasteiger partial charge >= 0.3 is 0 Å². The average molecular weight is 298 g/mol. The zero-order valence-corrected chi connectivity index (χ0v) is 12.8. The number of methoxy groups -OCH3 is 1. The smallest absolute Gasteiger partial charge is 0.159 e. The molecule has 0 bridgehead atoms. The van der Waals surface area contributed by atoms with Crippen molar-refractivity contribution in [2.24, 2.45) is 0 Å². The lowest BCUT2D eigenvalue weighted by Crippen LogP contribution is -2.20. The molecule has 2 rings (SSSR count). The van der Waals surface area contributed by atoms with Crippen molar-refractivity contribution in [3.05, 3.63) is 16.2 Å². The summed E-state index contributed by atoms with van der Waals surface area (Å²) in [5, 5.41) is 14.9. The third-order valence-corrected chi connectivity index (χ3v) is 4.59. The van der Waals surface area contributed by atoms with Crippen molar-refractivity contribution in [2.45, 2.75) is 19.8 Å². The number of aryl methyl sites for hydroxylation is 2. The highest BCUT2D eigenvalue weighted by Crippen LogP contribution is 2.28. The first-order valence-corrected chi connectivity index (χ1v) is 7.87. The minimum absolute atomic E-state index is 0.758. The molecule has 1 N–H and O–H groups in total. The summed E-state index contributed by atoms with van der Waals surface area (Å²) < 4.78 is 4.97. The Bertz CT molecular complexity index is 497. The standard InChI is InChI=1S/C12H18N4OS2/c1-9-14-8-10(18-9)12-16-15-11(19-12)4-3-5-13-6-7-17-2/h8,13H,3-7H2,1-2H3. The Labute approximate surface area is 121 Å². The molecule has 104 valence electrons. The van der Waals surface area contributed by atoms with Gasteiger partial charge in [-0.05, 0) is 19.9 Å². The van der Waals surface area contributed by atoms with Crippen LogP contribution in [0.25, 0.3) is 9.88 Å². The first-order valence-electron chi connectivity index (χ1n) is 6.24. The molecule has 0 aliphatic carbocycles. The number of hydrogen-bond donors (Lipinski definition) is 1. The number of nitrogens with zero attached hydrogens (tertiary/aromatic N) is 3. The molecule has 0 aliphatic rings. The van der Waals surface area contributed by atoms with Crippen LogP contribution in [0.1, 0.15) is 16.4 Å². The Morgan fingerprint density at radius 3 is 2.89 bits per heavy atom. The number of nitrogens with one attached hydrogen (secondary N) is 1. The van der Waals surface area contributed by atoms with Crippen LogP contribution >= 0.6 is 22.7 Å². The van der Waals surface area contributed by atoms with Gasteiger partial charge in [0.25, 0.3) is 0 Å². The van der Waals surface area contributed by atoms with Crippen LogP contribution in [0.3, 0.4) is 0 Å². The highest BCUT2D eigenvalue weighted by Gasteiger charge is 2.08. The molecule has 0 atom stereocenters. The molecule has 0 aliphatic heterocycles. The Hall–Kier alpha value is -0.890. The Balaban J connectivity index is 1.75. The van der Waals surface area contributed by atoms with Crippen molar-refractivity contribution in [3.8, 4) is 9.88 Å². The van der Waals surface area contributed by atoms with Gasteiger partial charge in [-0.2, -0.15) is 0 Å². The molecule has 0 saturated heterocycles. The van der Waals surface area contributed by atoms with E-state index in [0.717, 1.165) is 52.4 Å². The third-order valence-electron chi connectivity index (χ3n) is 2.53. The van der Waals surface area contributed by atoms with Crippen LogP contribution in [-0.4, -0.2) is 42.0 Å². The van der Waals surface area contributed by atoms with Gasteiger partial charge < -0.3 is 10.1 Å². The first-order chi connectivity index (χ1) is 9.29. The lowest BCUT2D eigenvalue weighted by atomic mass is 10.3. The number of hydrogen-bond acceptors (Lipinski definition) is 7. The molecule has 0 amide bonds. The van der Waals surface area contributed by atoms with E-state index in [1.165, 1.54) is 0 Å². The van der Waals surface area contributed by atoms with Crippen LogP contribution in [0.5, 0.6) is 0 Å². The van der Waals surface area contributed by atoms with Gasteiger partial charge in [0.05, 0.1) is 16.5 Å². The highest BCUT2D eigenvalue weighted by molar-refractivity contribution is 7.21. The molecule has 2 heterocycles. The third kappa shape index (κ3) is 4.61. The summed E-state index contributed by atoms with van der Waals surface area (Å²) in [5.74, 6) is 0. The van der Waals surface area contributed by atoms with Gasteiger partial charge in [-0.1, -0.05) is 11.3 Å². The van der Waals surface area contributed by atoms with Crippen molar-refractivity contribution in [1.82, 2.24) is 20.5 Å². The van der Waals surface area contributed by atoms with E-state index in [4.69, 9.17) is 4.74 Å². The Morgan fingerprint density at radius 1 is 1.26 bits per heavy atom. The SMILES string of the molecule is COCCNCCCc1nnc(-c2cnc(C)s2)s1. The molecular formula is C12H18N4OS2. The van der Waals surface area contributed by atoms with Gasteiger partial charge in [0.1, 0.15) is 5.01 Å². The second-order valence-corrected chi connectivity index (χ2v) is 6.39. The average Bonchev–Trinajstić information content (AvgIpc) is 3.02. The molecule has 19 heavy (non-hydrogen) atoms. The summed E-state index contributed by atoms with van der Waals surface area (Å²) in [4.78, 5) is 5.35. The quantitative estimate of drug-likeness (QED) is 0.757. The summed E-state index contributed by atoms with van der Waals surface area (Å²) in [6.07, 6.45) is 3.91. The van der Waals surface area contributed by atoms with Gasteiger partial charge in [-0.15, -0.1) is 21.5 Å². The second kappa shape index (κ2) is 7.64. The van der Waals surface area contributed by atoms with Crippen LogP contribution in [0, 0.1) is 6.92 Å². The van der Waals surface area contributed by atoms with Gasteiger partial charge in [0.2, 0.25) is 0 Å². The van der Waals surface area contributed by atoms with Crippen molar-refractivity contribution in [1.29, 1.82) is 0 Å². The highest BCUT2D eigenvalue weighted by atomic mass is 32.1. The first kappa shape index (κ1) is 14.5. The van der Waals surface area contributed by atoms with Crippen molar-refractivity contribution in [3.63, 3.8) is 0 Å². The molecule has 2 aromatic rings. The zero-order chi connectivity index (χ0) is 13.5. The number of ether oxygens (including phenoxy) is 1. The van der Waals surface area contributed by atoms with E-state index in [0.29, 0.717) is 0 Å². The van der Waals surface area contributed by atoms with E-state index in [1.54, 1.807) is 29.8 Å². The fourth-order valence-electron chi connectivity index (χ4n) is 1.58. The number of aromatic nitrogens is 3. The molecule has 7 heteroatoms. The number of rotatable bonds is 8. The predicted molar refractivity (Wildman–Crippen MR) is 78.8 cm³/mol. The monoisotopic (exact) mass is 298 g/mol. The minimum Gasteiger partial charge on any atom is -0.383 e. The van der Waals surface area contributed by atoms with Crippen molar-refractivity contribution < 1.29 is 4.74 Å². The fraction of sp³-hybridized carbons (Fsp3) is 0.583. The summed E-state index contributed by atoms with van der Waals surface area (Å²) in [6.45, 7) is 4.64. The lowest BCUT2D eigenvalue weighted by molar-refractivity contribution is 0.199. The van der Waals surface area contributed by atoms with Crippen LogP contribution in [0.4, 0.5) is 0 Å². The van der Waals surface area contributed by atoms with Crippen molar-refractivity contribution in [2.75, 3.05) is 26.8 Å². The van der Waals surface area contributed by atoms with E-state index in [9.17, 15) is 0 Å². The maximum Gasteiger partial charge on any atom is 0.159 e. The van der Waals surface area contributed by atoms with Crippen LogP contribution < -0.4 is 5.32 Å². The second-order valence-electron chi connectivity index (χ2n) is 4.09. The molecule has 0 radical (unpaired) electrons. The van der Waals surface area contributed by atoms with Gasteiger partial charge in [-0.25, -0.2) is 4.98 Å². The van der Waals surface area contributed by atoms with Gasteiger partial charge in [0, 0.05) is 26.3 Å². The lowest BCUT2D eigenvalue weighted by Gasteiger charge is -2.01. The van der Waals surface area contributed by atoms with Gasteiger partial charge in [0.15, 0.2) is 5.01 Å². The Kier molecular flexibility index (Phi) is 5.84. The van der Waals surface area contributed by atoms with Crippen LogP contribution in [-0.2, 0) is 11.2 Å². The van der Waals surface area contributed by atoms with Crippen molar-refractivity contribution >= 4 is 22.7 Å². The molecule has 0 aromatic carbocycles. The predicted octanol–water partition coefficient (Wildman–Crippen LogP) is 2.14. The molecule has 0 fully saturated rings. The topological polar surface area (TPSA) is 59.9 Å². The van der Waals surface area contributed by atoms with E-state index in [1.807, 2.05) is 13.1 Å².